The molecule has 0 spiro atoms. The van der Waals surface area contributed by atoms with Gasteiger partial charge in [0.1, 0.15) is 0 Å². The van der Waals surface area contributed by atoms with Crippen LogP contribution in [0, 0.1) is 0 Å². The fourth-order valence-corrected chi connectivity index (χ4v) is 0.665. The standard InChI is InChI=1S/C6H6N2O4/c1-11-6(10)4-5(12-3-9)8-2-7-4/h2-3H,1H3,(H,7,8). The number of nitrogens with zero attached hydrogens (tertiary/aromatic N) is 1. The molecule has 0 fully saturated rings. The van der Waals surface area contributed by atoms with E-state index in [4.69, 9.17) is 0 Å². The summed E-state index contributed by atoms with van der Waals surface area (Å²) in [6, 6.07) is 0. The number of H-pyrrole nitrogens is 1. The highest BCUT2D eigenvalue weighted by Gasteiger charge is 2.15. The van der Waals surface area contributed by atoms with Crippen molar-refractivity contribution < 1.29 is 19.1 Å². The zero-order chi connectivity index (χ0) is 8.97. The summed E-state index contributed by atoms with van der Waals surface area (Å²) < 4.78 is 8.75. The summed E-state index contributed by atoms with van der Waals surface area (Å²) >= 11 is 0. The van der Waals surface area contributed by atoms with Gasteiger partial charge in [-0.25, -0.2) is 9.78 Å². The van der Waals surface area contributed by atoms with Gasteiger partial charge in [0.25, 0.3) is 12.4 Å². The molecule has 0 unspecified atom stereocenters. The Morgan fingerprint density at radius 2 is 2.50 bits per heavy atom. The fraction of sp³-hybridized carbons (Fsp3) is 0.167. The molecule has 0 bridgehead atoms. The number of carbonyl (C=O) groups excluding carboxylic acids is 2. The first-order chi connectivity index (χ1) is 5.79. The van der Waals surface area contributed by atoms with Crippen molar-refractivity contribution in [3.8, 4) is 5.88 Å². The molecule has 6 heteroatoms. The van der Waals surface area contributed by atoms with Gasteiger partial charge in [-0.05, 0) is 0 Å². The first-order valence-corrected chi connectivity index (χ1v) is 3.01. The number of hydrogen-bond donors (Lipinski definition) is 1. The zero-order valence-corrected chi connectivity index (χ0v) is 6.23. The van der Waals surface area contributed by atoms with Gasteiger partial charge in [0, 0.05) is 0 Å². The van der Waals surface area contributed by atoms with Crippen molar-refractivity contribution >= 4 is 12.4 Å². The van der Waals surface area contributed by atoms with E-state index in [2.05, 4.69) is 19.4 Å². The SMILES string of the molecule is COC(=O)c1[nH]cnc1OC=O. The molecule has 1 rings (SSSR count). The van der Waals surface area contributed by atoms with Gasteiger partial charge < -0.3 is 14.5 Å². The highest BCUT2D eigenvalue weighted by atomic mass is 16.5. The molecule has 0 amide bonds. The van der Waals surface area contributed by atoms with Crippen LogP contribution >= 0.6 is 0 Å². The van der Waals surface area contributed by atoms with Gasteiger partial charge in [-0.3, -0.25) is 4.79 Å². The lowest BCUT2D eigenvalue weighted by atomic mass is 10.5. The number of hydrogen-bond acceptors (Lipinski definition) is 5. The summed E-state index contributed by atoms with van der Waals surface area (Å²) in [5.74, 6) is -0.721. The van der Waals surface area contributed by atoms with E-state index in [0.29, 0.717) is 0 Å². The Hall–Kier alpha value is -1.85. The van der Waals surface area contributed by atoms with Crippen LogP contribution in [-0.2, 0) is 9.53 Å². The normalized spacial score (nSPS) is 9.08. The summed E-state index contributed by atoms with van der Waals surface area (Å²) in [6.07, 6.45) is 1.23. The molecule has 1 N–H and O–H groups in total. The number of imidazole rings is 1. The van der Waals surface area contributed by atoms with E-state index >= 15 is 0 Å². The Labute approximate surface area is 67.5 Å². The molecule has 0 radical (unpaired) electrons. The molecule has 0 atom stereocenters. The lowest BCUT2D eigenvalue weighted by Gasteiger charge is -1.96. The number of aromatic nitrogens is 2. The Morgan fingerprint density at radius 3 is 3.08 bits per heavy atom. The summed E-state index contributed by atoms with van der Waals surface area (Å²) in [5, 5.41) is 0. The molecule has 0 aliphatic heterocycles. The quantitative estimate of drug-likeness (QED) is 0.498. The van der Waals surface area contributed by atoms with E-state index in [-0.39, 0.29) is 18.0 Å². The topological polar surface area (TPSA) is 81.3 Å². The lowest BCUT2D eigenvalue weighted by Crippen LogP contribution is -2.04. The lowest BCUT2D eigenvalue weighted by molar-refractivity contribution is -0.120. The number of nitrogens with one attached hydrogen (secondary N) is 1. The average Bonchev–Trinajstić information content (AvgIpc) is 2.52. The summed E-state index contributed by atoms with van der Waals surface area (Å²) in [5.41, 5.74) is 0.0181. The minimum atomic E-state index is -0.635. The zero-order valence-electron chi connectivity index (χ0n) is 6.23. The summed E-state index contributed by atoms with van der Waals surface area (Å²) in [7, 11) is 1.22. The van der Waals surface area contributed by atoms with E-state index in [1.54, 1.807) is 0 Å². The number of methoxy groups -OCH3 is 1. The second-order valence-electron chi connectivity index (χ2n) is 1.79. The van der Waals surface area contributed by atoms with Crippen molar-refractivity contribution in [3.05, 3.63) is 12.0 Å². The highest BCUT2D eigenvalue weighted by Crippen LogP contribution is 2.11. The molecule has 64 valence electrons. The maximum absolute atomic E-state index is 10.9. The van der Waals surface area contributed by atoms with Gasteiger partial charge >= 0.3 is 5.97 Å². The van der Waals surface area contributed by atoms with Gasteiger partial charge in [0.15, 0.2) is 5.69 Å². The van der Waals surface area contributed by atoms with Gasteiger partial charge in [-0.1, -0.05) is 0 Å². The van der Waals surface area contributed by atoms with Gasteiger partial charge in [0.05, 0.1) is 13.4 Å². The fourth-order valence-electron chi connectivity index (χ4n) is 0.665. The molecule has 6 nitrogen and oxygen atoms in total. The van der Waals surface area contributed by atoms with E-state index in [1.165, 1.54) is 13.4 Å². The number of rotatable bonds is 3. The predicted octanol–water partition coefficient (Wildman–Crippen LogP) is -0.268. The first kappa shape index (κ1) is 8.25. The summed E-state index contributed by atoms with van der Waals surface area (Å²) in [6.45, 7) is 0.183. The smallest absolute Gasteiger partial charge is 0.360 e. The molecule has 1 aromatic rings. The first-order valence-electron chi connectivity index (χ1n) is 3.01. The third-order valence-electron chi connectivity index (χ3n) is 1.15. The Morgan fingerprint density at radius 1 is 1.75 bits per heavy atom. The molecule has 0 aliphatic carbocycles. The Balaban J connectivity index is 2.90. The molecule has 12 heavy (non-hydrogen) atoms. The van der Waals surface area contributed by atoms with Crippen LogP contribution in [0.15, 0.2) is 6.33 Å². The Bertz CT molecular complexity index is 293. The molecule has 0 saturated heterocycles. The monoisotopic (exact) mass is 170 g/mol. The van der Waals surface area contributed by atoms with Gasteiger partial charge in [0.2, 0.25) is 0 Å². The second-order valence-corrected chi connectivity index (χ2v) is 1.79. The van der Waals surface area contributed by atoms with Crippen LogP contribution < -0.4 is 4.74 Å². The number of esters is 1. The molecule has 0 saturated carbocycles. The highest BCUT2D eigenvalue weighted by molar-refractivity contribution is 5.89. The van der Waals surface area contributed by atoms with Crippen LogP contribution in [0.5, 0.6) is 5.88 Å². The van der Waals surface area contributed by atoms with Gasteiger partial charge in [-0.2, -0.15) is 0 Å². The average molecular weight is 170 g/mol. The van der Waals surface area contributed by atoms with Crippen molar-refractivity contribution in [1.82, 2.24) is 9.97 Å². The molecular weight excluding hydrogens is 164 g/mol. The van der Waals surface area contributed by atoms with Crippen molar-refractivity contribution in [3.63, 3.8) is 0 Å². The number of carbonyl (C=O) groups is 2. The number of aromatic amines is 1. The van der Waals surface area contributed by atoms with Crippen molar-refractivity contribution in [2.24, 2.45) is 0 Å². The van der Waals surface area contributed by atoms with E-state index in [9.17, 15) is 9.59 Å². The minimum Gasteiger partial charge on any atom is -0.464 e. The third-order valence-corrected chi connectivity index (χ3v) is 1.15. The molecule has 0 aromatic carbocycles. The van der Waals surface area contributed by atoms with Gasteiger partial charge in [-0.15, -0.1) is 0 Å². The number of ether oxygens (including phenoxy) is 2. The van der Waals surface area contributed by atoms with E-state index in [1.807, 2.05) is 0 Å². The predicted molar refractivity (Wildman–Crippen MR) is 36.6 cm³/mol. The van der Waals surface area contributed by atoms with Crippen molar-refractivity contribution in [1.29, 1.82) is 0 Å². The third kappa shape index (κ3) is 1.42. The summed E-state index contributed by atoms with van der Waals surface area (Å²) in [4.78, 5) is 26.8. The van der Waals surface area contributed by atoms with Crippen LogP contribution in [0.4, 0.5) is 0 Å². The second kappa shape index (κ2) is 3.51. The van der Waals surface area contributed by atoms with Crippen LogP contribution in [0.2, 0.25) is 0 Å². The molecular formula is C6H6N2O4. The molecule has 1 heterocycles. The Kier molecular flexibility index (Phi) is 2.42. The van der Waals surface area contributed by atoms with Crippen LogP contribution in [0.1, 0.15) is 10.5 Å². The van der Waals surface area contributed by atoms with E-state index in [0.717, 1.165) is 0 Å². The van der Waals surface area contributed by atoms with Crippen LogP contribution in [-0.4, -0.2) is 29.5 Å². The molecule has 0 aliphatic rings. The van der Waals surface area contributed by atoms with Crippen LogP contribution in [0.3, 0.4) is 0 Å². The van der Waals surface area contributed by atoms with Crippen LogP contribution in [0.25, 0.3) is 0 Å². The molecule has 1 aromatic heterocycles. The van der Waals surface area contributed by atoms with E-state index < -0.39 is 5.97 Å². The maximum atomic E-state index is 10.9. The maximum Gasteiger partial charge on any atom is 0.360 e. The van der Waals surface area contributed by atoms with Crippen molar-refractivity contribution in [2.45, 2.75) is 0 Å². The minimum absolute atomic E-state index is 0.0181. The van der Waals surface area contributed by atoms with Crippen molar-refractivity contribution in [2.75, 3.05) is 7.11 Å². The largest absolute Gasteiger partial charge is 0.464 e.